The molecule has 3 aromatic rings. The lowest BCUT2D eigenvalue weighted by molar-refractivity contribution is -0.384. The van der Waals surface area contributed by atoms with Crippen LogP contribution >= 0.6 is 0 Å². The van der Waals surface area contributed by atoms with Crippen molar-refractivity contribution in [1.29, 1.82) is 0 Å². The maximum Gasteiger partial charge on any atom is 0.273 e. The first kappa shape index (κ1) is 21.8. The SMILES string of the molecule is COc1ccc(/C=C/C(=O)c2c(C)nn(C)c2C)cc1COc1cccc([N+](=O)[O-])c1. The van der Waals surface area contributed by atoms with Crippen molar-refractivity contribution in [2.45, 2.75) is 20.5 Å². The first-order valence-corrected chi connectivity index (χ1v) is 9.57. The normalized spacial score (nSPS) is 11.0. The van der Waals surface area contributed by atoms with E-state index in [9.17, 15) is 14.9 Å². The fraction of sp³-hybridized carbons (Fsp3) is 0.217. The smallest absolute Gasteiger partial charge is 0.273 e. The van der Waals surface area contributed by atoms with Gasteiger partial charge in [-0.3, -0.25) is 19.6 Å². The summed E-state index contributed by atoms with van der Waals surface area (Å²) in [5.74, 6) is 0.885. The Morgan fingerprint density at radius 1 is 1.23 bits per heavy atom. The Balaban J connectivity index is 1.78. The lowest BCUT2D eigenvalue weighted by Crippen LogP contribution is -2.01. The molecule has 0 unspecified atom stereocenters. The molecule has 3 rings (SSSR count). The fourth-order valence-electron chi connectivity index (χ4n) is 3.25. The highest BCUT2D eigenvalue weighted by atomic mass is 16.6. The number of non-ortho nitro benzene ring substituents is 1. The zero-order chi connectivity index (χ0) is 22.5. The molecular formula is C23H23N3O5. The van der Waals surface area contributed by atoms with Crippen LogP contribution in [0.15, 0.2) is 48.5 Å². The third-order valence-corrected chi connectivity index (χ3v) is 4.91. The lowest BCUT2D eigenvalue weighted by Gasteiger charge is -2.11. The van der Waals surface area contributed by atoms with Crippen molar-refractivity contribution < 1.29 is 19.2 Å². The number of carbonyl (C=O) groups excluding carboxylic acids is 1. The lowest BCUT2D eigenvalue weighted by atomic mass is 10.1. The molecule has 0 aliphatic rings. The molecule has 0 N–H and O–H groups in total. The van der Waals surface area contributed by atoms with Gasteiger partial charge >= 0.3 is 0 Å². The Hall–Kier alpha value is -3.94. The van der Waals surface area contributed by atoms with Crippen molar-refractivity contribution in [2.24, 2.45) is 7.05 Å². The predicted octanol–water partition coefficient (Wildman–Crippen LogP) is 4.43. The van der Waals surface area contributed by atoms with Gasteiger partial charge in [-0.05, 0) is 43.7 Å². The van der Waals surface area contributed by atoms with Gasteiger partial charge < -0.3 is 9.47 Å². The van der Waals surface area contributed by atoms with E-state index in [1.54, 1.807) is 43.1 Å². The van der Waals surface area contributed by atoms with E-state index in [-0.39, 0.29) is 18.1 Å². The van der Waals surface area contributed by atoms with E-state index >= 15 is 0 Å². The van der Waals surface area contributed by atoms with Crippen LogP contribution in [-0.2, 0) is 13.7 Å². The van der Waals surface area contributed by atoms with Gasteiger partial charge in [-0.25, -0.2) is 0 Å². The summed E-state index contributed by atoms with van der Waals surface area (Å²) in [6, 6.07) is 11.5. The zero-order valence-electron chi connectivity index (χ0n) is 17.8. The molecule has 0 atom stereocenters. The fourth-order valence-corrected chi connectivity index (χ4v) is 3.25. The number of rotatable bonds is 8. The number of carbonyl (C=O) groups is 1. The van der Waals surface area contributed by atoms with Crippen LogP contribution in [0.1, 0.15) is 32.9 Å². The van der Waals surface area contributed by atoms with Crippen LogP contribution in [-0.4, -0.2) is 27.6 Å². The van der Waals surface area contributed by atoms with Gasteiger partial charge in [0.25, 0.3) is 5.69 Å². The second-order valence-corrected chi connectivity index (χ2v) is 6.98. The number of nitrogens with zero attached hydrogens (tertiary/aromatic N) is 3. The minimum atomic E-state index is -0.471. The topological polar surface area (TPSA) is 96.5 Å². The molecule has 0 aliphatic heterocycles. The number of aromatic nitrogens is 2. The molecule has 0 bridgehead atoms. The number of benzene rings is 2. The van der Waals surface area contributed by atoms with Crippen molar-refractivity contribution in [1.82, 2.24) is 9.78 Å². The number of nitro benzene ring substituents is 1. The van der Waals surface area contributed by atoms with Gasteiger partial charge in [0.2, 0.25) is 0 Å². The quantitative estimate of drug-likeness (QED) is 0.231. The molecule has 0 fully saturated rings. The van der Waals surface area contributed by atoms with Crippen LogP contribution in [0, 0.1) is 24.0 Å². The highest BCUT2D eigenvalue weighted by Crippen LogP contribution is 2.25. The molecular weight excluding hydrogens is 398 g/mol. The van der Waals surface area contributed by atoms with E-state index in [2.05, 4.69) is 5.10 Å². The number of allylic oxidation sites excluding steroid dienone is 1. The number of ether oxygens (including phenoxy) is 2. The average molecular weight is 421 g/mol. The van der Waals surface area contributed by atoms with Gasteiger partial charge in [0, 0.05) is 24.4 Å². The Morgan fingerprint density at radius 2 is 2.00 bits per heavy atom. The molecule has 1 heterocycles. The average Bonchev–Trinajstić information content (AvgIpc) is 3.02. The molecule has 31 heavy (non-hydrogen) atoms. The first-order valence-electron chi connectivity index (χ1n) is 9.57. The predicted molar refractivity (Wildman–Crippen MR) is 116 cm³/mol. The maximum atomic E-state index is 12.6. The van der Waals surface area contributed by atoms with Gasteiger partial charge in [0.05, 0.1) is 29.4 Å². The minimum Gasteiger partial charge on any atom is -0.496 e. The summed E-state index contributed by atoms with van der Waals surface area (Å²) >= 11 is 0. The van der Waals surface area contributed by atoms with Gasteiger partial charge in [0.1, 0.15) is 18.1 Å². The van der Waals surface area contributed by atoms with Crippen molar-refractivity contribution in [3.05, 3.63) is 86.7 Å². The number of ketones is 1. The Kier molecular flexibility index (Phi) is 6.49. The molecule has 0 aliphatic carbocycles. The van der Waals surface area contributed by atoms with E-state index < -0.39 is 4.92 Å². The standard InChI is InChI=1S/C23H23N3O5/c1-15-23(16(2)25(3)24-15)21(27)10-8-17-9-11-22(30-4)18(12-17)14-31-20-7-5-6-19(13-20)26(28)29/h5-13H,14H2,1-4H3/b10-8+. The van der Waals surface area contributed by atoms with Crippen molar-refractivity contribution in [3.8, 4) is 11.5 Å². The summed E-state index contributed by atoms with van der Waals surface area (Å²) in [6.07, 6.45) is 3.24. The van der Waals surface area contributed by atoms with Crippen LogP contribution < -0.4 is 9.47 Å². The molecule has 8 nitrogen and oxygen atoms in total. The van der Waals surface area contributed by atoms with E-state index in [1.165, 1.54) is 18.2 Å². The molecule has 0 saturated carbocycles. The van der Waals surface area contributed by atoms with Crippen LogP contribution in [0.5, 0.6) is 11.5 Å². The molecule has 2 aromatic carbocycles. The molecule has 8 heteroatoms. The van der Waals surface area contributed by atoms with Crippen LogP contribution in [0.25, 0.3) is 6.08 Å². The summed E-state index contributed by atoms with van der Waals surface area (Å²) in [5.41, 5.74) is 3.61. The Bertz CT molecular complexity index is 1160. The van der Waals surface area contributed by atoms with E-state index in [1.807, 2.05) is 26.0 Å². The number of aryl methyl sites for hydroxylation is 2. The minimum absolute atomic E-state index is 0.0411. The Labute approximate surface area is 179 Å². The zero-order valence-corrected chi connectivity index (χ0v) is 17.8. The third kappa shape index (κ3) is 4.98. The third-order valence-electron chi connectivity index (χ3n) is 4.91. The molecule has 160 valence electrons. The Morgan fingerprint density at radius 3 is 2.65 bits per heavy atom. The molecule has 0 saturated heterocycles. The van der Waals surface area contributed by atoms with E-state index in [4.69, 9.17) is 9.47 Å². The van der Waals surface area contributed by atoms with Crippen LogP contribution in [0.3, 0.4) is 0 Å². The highest BCUT2D eigenvalue weighted by molar-refractivity contribution is 6.08. The summed E-state index contributed by atoms with van der Waals surface area (Å²) in [5, 5.41) is 15.2. The molecule has 1 aromatic heterocycles. The number of hydrogen-bond acceptors (Lipinski definition) is 6. The molecule has 0 spiro atoms. The molecule has 0 amide bonds. The summed E-state index contributed by atoms with van der Waals surface area (Å²) in [6.45, 7) is 3.82. The maximum absolute atomic E-state index is 12.6. The number of hydrogen-bond donors (Lipinski definition) is 0. The summed E-state index contributed by atoms with van der Waals surface area (Å²) < 4.78 is 12.8. The second kappa shape index (κ2) is 9.25. The van der Waals surface area contributed by atoms with Crippen LogP contribution in [0.2, 0.25) is 0 Å². The summed E-state index contributed by atoms with van der Waals surface area (Å²) in [4.78, 5) is 23.1. The van der Waals surface area contributed by atoms with Crippen molar-refractivity contribution >= 4 is 17.5 Å². The largest absolute Gasteiger partial charge is 0.496 e. The highest BCUT2D eigenvalue weighted by Gasteiger charge is 2.15. The molecule has 0 radical (unpaired) electrons. The van der Waals surface area contributed by atoms with Gasteiger partial charge in [0.15, 0.2) is 5.78 Å². The van der Waals surface area contributed by atoms with Gasteiger partial charge in [-0.2, -0.15) is 5.10 Å². The van der Waals surface area contributed by atoms with E-state index in [0.29, 0.717) is 22.8 Å². The second-order valence-electron chi connectivity index (χ2n) is 6.98. The van der Waals surface area contributed by atoms with Crippen LogP contribution in [0.4, 0.5) is 5.69 Å². The first-order chi connectivity index (χ1) is 14.8. The summed E-state index contributed by atoms with van der Waals surface area (Å²) in [7, 11) is 3.36. The number of methoxy groups -OCH3 is 1. The van der Waals surface area contributed by atoms with Crippen molar-refractivity contribution in [2.75, 3.05) is 7.11 Å². The van der Waals surface area contributed by atoms with E-state index in [0.717, 1.165) is 16.8 Å². The monoisotopic (exact) mass is 421 g/mol. The van der Waals surface area contributed by atoms with Gasteiger partial charge in [-0.15, -0.1) is 0 Å². The number of nitro groups is 1. The van der Waals surface area contributed by atoms with Crippen molar-refractivity contribution in [3.63, 3.8) is 0 Å². The van der Waals surface area contributed by atoms with Gasteiger partial charge in [-0.1, -0.05) is 18.2 Å².